The monoisotopic (exact) mass is 251 g/mol. The smallest absolute Gasteiger partial charge is 0.0942 e. The van der Waals surface area contributed by atoms with Crippen molar-refractivity contribution in [2.24, 2.45) is 0 Å². The number of hydrazine groups is 1. The van der Waals surface area contributed by atoms with Crippen LogP contribution in [-0.4, -0.2) is 23.5 Å². The summed E-state index contributed by atoms with van der Waals surface area (Å²) in [4.78, 5) is 0. The van der Waals surface area contributed by atoms with Crippen LogP contribution in [0.25, 0.3) is 0 Å². The maximum atomic E-state index is 3.48. The zero-order valence-electron chi connectivity index (χ0n) is 10.8. The van der Waals surface area contributed by atoms with Gasteiger partial charge in [0, 0.05) is 13.1 Å². The maximum Gasteiger partial charge on any atom is 0.0942 e. The van der Waals surface area contributed by atoms with E-state index in [2.05, 4.69) is 46.2 Å². The molecule has 0 aliphatic heterocycles. The summed E-state index contributed by atoms with van der Waals surface area (Å²) in [6.45, 7) is 3.22. The molecular weight excluding hydrogens is 226 g/mol. The number of benzene rings is 1. The maximum absolute atomic E-state index is 3.48. The van der Waals surface area contributed by atoms with Gasteiger partial charge in [-0.15, -0.1) is 0 Å². The molecule has 0 unspecified atom stereocenters. The Morgan fingerprint density at radius 1 is 0.882 bits per heavy atom. The van der Waals surface area contributed by atoms with E-state index in [1.165, 1.54) is 31.2 Å². The van der Waals surface area contributed by atoms with Crippen LogP contribution in [0.3, 0.4) is 0 Å². The lowest BCUT2D eigenvalue weighted by Crippen LogP contribution is -2.29. The molecule has 0 aliphatic rings. The lowest BCUT2D eigenvalue weighted by atomic mass is 10.2. The first-order valence-corrected chi connectivity index (χ1v) is 7.57. The third kappa shape index (κ3) is 8.10. The van der Waals surface area contributed by atoms with Crippen molar-refractivity contribution in [1.29, 1.82) is 0 Å². The van der Waals surface area contributed by atoms with Crippen molar-refractivity contribution in [3.63, 3.8) is 0 Å². The van der Waals surface area contributed by atoms with Gasteiger partial charge in [0.25, 0.3) is 0 Å². The summed E-state index contributed by atoms with van der Waals surface area (Å²) in [6, 6.07) is 10.6. The van der Waals surface area contributed by atoms with Gasteiger partial charge in [0.15, 0.2) is 0 Å². The van der Waals surface area contributed by atoms with Gasteiger partial charge in [0.2, 0.25) is 0 Å². The molecule has 0 fully saturated rings. The third-order valence-electron chi connectivity index (χ3n) is 2.75. The second-order valence-corrected chi connectivity index (χ2v) is 4.75. The molecule has 3 nitrogen and oxygen atoms in total. The van der Waals surface area contributed by atoms with E-state index in [0.717, 1.165) is 30.0 Å². The van der Waals surface area contributed by atoms with Crippen LogP contribution in [0, 0.1) is 0 Å². The Kier molecular flexibility index (Phi) is 8.85. The van der Waals surface area contributed by atoms with E-state index in [0.29, 0.717) is 0 Å². The fourth-order valence-corrected chi connectivity index (χ4v) is 2.02. The molecule has 0 saturated carbocycles. The molecule has 1 aromatic rings. The average molecular weight is 251 g/mol. The SMILES string of the molecule is [SiH3]NNCCCCCCNCc1ccccc1. The zero-order valence-corrected chi connectivity index (χ0v) is 12.8. The Morgan fingerprint density at radius 2 is 1.59 bits per heavy atom. The molecule has 4 heteroatoms. The Bertz CT molecular complexity index is 267. The molecule has 0 aliphatic carbocycles. The summed E-state index contributed by atoms with van der Waals surface area (Å²) < 4.78 is 0. The standard InChI is InChI=1S/C13H25N3Si/c17-16-15-11-7-2-1-6-10-14-12-13-8-4-3-5-9-13/h3-5,8-9,14-16H,1-2,6-7,10-12H2,17H3. The Hall–Kier alpha value is -0.683. The summed E-state index contributed by atoms with van der Waals surface area (Å²) in [5.41, 5.74) is 4.54. The van der Waals surface area contributed by atoms with E-state index in [-0.39, 0.29) is 0 Å². The Labute approximate surface area is 108 Å². The van der Waals surface area contributed by atoms with Crippen LogP contribution in [0.15, 0.2) is 30.3 Å². The van der Waals surface area contributed by atoms with Crippen LogP contribution in [0.2, 0.25) is 0 Å². The lowest BCUT2D eigenvalue weighted by Gasteiger charge is -2.05. The van der Waals surface area contributed by atoms with E-state index >= 15 is 0 Å². The van der Waals surface area contributed by atoms with Gasteiger partial charge in [-0.1, -0.05) is 43.2 Å². The summed E-state index contributed by atoms with van der Waals surface area (Å²) in [5.74, 6) is 0. The van der Waals surface area contributed by atoms with Gasteiger partial charge in [-0.25, -0.2) is 0 Å². The molecule has 17 heavy (non-hydrogen) atoms. The number of hydrogen-bond acceptors (Lipinski definition) is 3. The van der Waals surface area contributed by atoms with Crippen LogP contribution in [0.5, 0.6) is 0 Å². The quantitative estimate of drug-likeness (QED) is 0.326. The predicted octanol–water partition coefficient (Wildman–Crippen LogP) is 0.711. The molecule has 0 radical (unpaired) electrons. The molecule has 0 bridgehead atoms. The molecule has 0 atom stereocenters. The van der Waals surface area contributed by atoms with Gasteiger partial charge in [-0.2, -0.15) is 0 Å². The van der Waals surface area contributed by atoms with Crippen molar-refractivity contribution in [3.05, 3.63) is 35.9 Å². The van der Waals surface area contributed by atoms with Crippen molar-refractivity contribution in [1.82, 2.24) is 15.8 Å². The number of nitrogens with one attached hydrogen (secondary N) is 3. The molecule has 0 amide bonds. The molecule has 0 saturated heterocycles. The van der Waals surface area contributed by atoms with Crippen molar-refractivity contribution < 1.29 is 0 Å². The topological polar surface area (TPSA) is 36.1 Å². The molecule has 1 rings (SSSR count). The first kappa shape index (κ1) is 14.4. The predicted molar refractivity (Wildman–Crippen MR) is 77.7 cm³/mol. The van der Waals surface area contributed by atoms with E-state index in [1.807, 2.05) is 0 Å². The van der Waals surface area contributed by atoms with Crippen molar-refractivity contribution in [2.45, 2.75) is 32.2 Å². The van der Waals surface area contributed by atoms with Crippen LogP contribution in [0.1, 0.15) is 31.2 Å². The first-order valence-electron chi connectivity index (χ1n) is 6.57. The van der Waals surface area contributed by atoms with Gasteiger partial charge in [0.1, 0.15) is 0 Å². The molecule has 1 aromatic carbocycles. The van der Waals surface area contributed by atoms with E-state index in [9.17, 15) is 0 Å². The summed E-state index contributed by atoms with van der Waals surface area (Å²) in [5, 5.41) is 6.55. The highest BCUT2D eigenvalue weighted by Gasteiger charge is 1.92. The van der Waals surface area contributed by atoms with Gasteiger partial charge < -0.3 is 5.32 Å². The summed E-state index contributed by atoms with van der Waals surface area (Å²) >= 11 is 0. The Morgan fingerprint density at radius 3 is 2.29 bits per heavy atom. The van der Waals surface area contributed by atoms with Crippen molar-refractivity contribution in [2.75, 3.05) is 13.1 Å². The second kappa shape index (κ2) is 10.5. The van der Waals surface area contributed by atoms with Crippen molar-refractivity contribution >= 4 is 10.4 Å². The fraction of sp³-hybridized carbons (Fsp3) is 0.538. The fourth-order valence-electron chi connectivity index (χ4n) is 1.77. The number of rotatable bonds is 10. The Balaban J connectivity index is 1.85. The second-order valence-electron chi connectivity index (χ2n) is 4.25. The third-order valence-corrected chi connectivity index (χ3v) is 3.11. The number of hydrogen-bond donors (Lipinski definition) is 3. The molecule has 3 N–H and O–H groups in total. The van der Waals surface area contributed by atoms with E-state index in [4.69, 9.17) is 0 Å². The zero-order chi connectivity index (χ0) is 12.2. The van der Waals surface area contributed by atoms with Gasteiger partial charge in [-0.05, 0) is 24.9 Å². The van der Waals surface area contributed by atoms with Crippen LogP contribution >= 0.6 is 0 Å². The summed E-state index contributed by atoms with van der Waals surface area (Å²) in [7, 11) is 1.03. The molecule has 0 aromatic heterocycles. The normalized spacial score (nSPS) is 10.8. The minimum absolute atomic E-state index is 0.993. The van der Waals surface area contributed by atoms with Crippen LogP contribution in [-0.2, 0) is 6.54 Å². The minimum atomic E-state index is 0.993. The van der Waals surface area contributed by atoms with E-state index < -0.39 is 0 Å². The van der Waals surface area contributed by atoms with Gasteiger partial charge in [-0.3, -0.25) is 10.5 Å². The molecule has 96 valence electrons. The lowest BCUT2D eigenvalue weighted by molar-refractivity contribution is 0.558. The molecular formula is C13H25N3Si. The molecule has 0 heterocycles. The van der Waals surface area contributed by atoms with E-state index in [1.54, 1.807) is 0 Å². The highest BCUT2D eigenvalue weighted by molar-refractivity contribution is 6.03. The van der Waals surface area contributed by atoms with Crippen LogP contribution in [0.4, 0.5) is 0 Å². The van der Waals surface area contributed by atoms with Gasteiger partial charge in [0.05, 0.1) is 10.4 Å². The first-order chi connectivity index (χ1) is 8.43. The molecule has 0 spiro atoms. The van der Waals surface area contributed by atoms with Gasteiger partial charge >= 0.3 is 0 Å². The largest absolute Gasteiger partial charge is 0.313 e. The van der Waals surface area contributed by atoms with Crippen molar-refractivity contribution in [3.8, 4) is 0 Å². The highest BCUT2D eigenvalue weighted by atomic mass is 28.2. The summed E-state index contributed by atoms with van der Waals surface area (Å²) in [6.07, 6.45) is 5.20. The average Bonchev–Trinajstić information content (AvgIpc) is 2.38. The number of unbranched alkanes of at least 4 members (excludes halogenated alkanes) is 3. The highest BCUT2D eigenvalue weighted by Crippen LogP contribution is 1.99. The van der Waals surface area contributed by atoms with Crippen LogP contribution < -0.4 is 15.8 Å². The minimum Gasteiger partial charge on any atom is -0.313 e.